The molecule has 2 aromatic rings. The van der Waals surface area contributed by atoms with Crippen molar-refractivity contribution in [1.29, 1.82) is 0 Å². The van der Waals surface area contributed by atoms with Crippen LogP contribution in [0.15, 0.2) is 48.5 Å². The number of carbonyl (C=O) groups excluding carboxylic acids is 2. The highest BCUT2D eigenvalue weighted by molar-refractivity contribution is 5.94. The van der Waals surface area contributed by atoms with Crippen molar-refractivity contribution in [3.05, 3.63) is 65.2 Å². The third kappa shape index (κ3) is 6.63. The summed E-state index contributed by atoms with van der Waals surface area (Å²) in [6.07, 6.45) is -2.58. The van der Waals surface area contributed by atoms with Crippen LogP contribution in [-0.2, 0) is 16.5 Å². The minimum atomic E-state index is -4.38. The fraction of sp³-hybridized carbons (Fsp3) is 0.548. The van der Waals surface area contributed by atoms with E-state index in [1.165, 1.54) is 12.1 Å². The van der Waals surface area contributed by atoms with Gasteiger partial charge in [0.25, 0.3) is 5.91 Å². The Bertz CT molecular complexity index is 1230. The van der Waals surface area contributed by atoms with Gasteiger partial charge in [0, 0.05) is 31.7 Å². The number of piperidine rings is 1. The number of hydrogen-bond acceptors (Lipinski definition) is 5. The van der Waals surface area contributed by atoms with Gasteiger partial charge in [-0.3, -0.25) is 4.79 Å². The van der Waals surface area contributed by atoms with Crippen LogP contribution in [0.5, 0.6) is 5.75 Å². The lowest BCUT2D eigenvalue weighted by molar-refractivity contribution is -0.137. The van der Waals surface area contributed by atoms with Crippen LogP contribution in [0.1, 0.15) is 67.9 Å². The molecule has 2 amide bonds. The summed E-state index contributed by atoms with van der Waals surface area (Å²) in [5.74, 6) is 0.938. The van der Waals surface area contributed by atoms with Crippen LogP contribution in [0.2, 0.25) is 0 Å². The summed E-state index contributed by atoms with van der Waals surface area (Å²) in [7, 11) is 0. The molecule has 1 saturated carbocycles. The number of aliphatic hydroxyl groups is 1. The number of alkyl halides is 3. The summed E-state index contributed by atoms with van der Waals surface area (Å²) in [6.45, 7) is 7.45. The fourth-order valence-corrected chi connectivity index (χ4v) is 6.20. The lowest BCUT2D eigenvalue weighted by atomic mass is 9.84. The summed E-state index contributed by atoms with van der Waals surface area (Å²) in [4.78, 5) is 29.1. The van der Waals surface area contributed by atoms with E-state index >= 15 is 0 Å². The molecule has 0 bridgehead atoms. The molecule has 41 heavy (non-hydrogen) atoms. The Hall–Kier alpha value is -3.27. The van der Waals surface area contributed by atoms with Gasteiger partial charge in [0.1, 0.15) is 11.4 Å². The summed E-state index contributed by atoms with van der Waals surface area (Å²) in [6, 6.07) is 11.9. The molecule has 5 rings (SSSR count). The summed E-state index contributed by atoms with van der Waals surface area (Å²) in [5.41, 5.74) is -1.08. The predicted molar refractivity (Wildman–Crippen MR) is 145 cm³/mol. The van der Waals surface area contributed by atoms with Gasteiger partial charge >= 0.3 is 12.3 Å². The van der Waals surface area contributed by atoms with Crippen LogP contribution >= 0.6 is 0 Å². The first-order chi connectivity index (χ1) is 19.2. The van der Waals surface area contributed by atoms with E-state index in [1.54, 1.807) is 29.2 Å². The highest BCUT2D eigenvalue weighted by Gasteiger charge is 2.44. The van der Waals surface area contributed by atoms with Gasteiger partial charge in [0.2, 0.25) is 0 Å². The lowest BCUT2D eigenvalue weighted by Crippen LogP contribution is -2.46. The van der Waals surface area contributed by atoms with E-state index in [-0.39, 0.29) is 29.9 Å². The Kier molecular flexibility index (Phi) is 7.74. The van der Waals surface area contributed by atoms with Gasteiger partial charge < -0.3 is 24.4 Å². The van der Waals surface area contributed by atoms with E-state index in [9.17, 15) is 27.9 Å². The Balaban J connectivity index is 1.12. The normalized spacial score (nSPS) is 24.2. The molecule has 0 spiro atoms. The summed E-state index contributed by atoms with van der Waals surface area (Å²) < 4.78 is 49.8. The molecule has 2 saturated heterocycles. The average molecular weight is 575 g/mol. The maximum absolute atomic E-state index is 13.2. The van der Waals surface area contributed by atoms with Crippen LogP contribution in [-0.4, -0.2) is 64.8 Å². The summed E-state index contributed by atoms with van der Waals surface area (Å²) >= 11 is 0. The number of carbonyl (C=O) groups is 2. The van der Waals surface area contributed by atoms with Crippen molar-refractivity contribution >= 4 is 12.0 Å². The van der Waals surface area contributed by atoms with Gasteiger partial charge in [-0.15, -0.1) is 0 Å². The molecule has 1 aliphatic carbocycles. The molecule has 2 atom stereocenters. The largest absolute Gasteiger partial charge is 0.490 e. The molecule has 2 heterocycles. The molecule has 0 radical (unpaired) electrons. The molecule has 2 aliphatic heterocycles. The number of amides is 2. The topological polar surface area (TPSA) is 79.3 Å². The first-order valence-electron chi connectivity index (χ1n) is 14.1. The second-order valence-corrected chi connectivity index (χ2v) is 12.5. The van der Waals surface area contributed by atoms with Crippen LogP contribution in [0.4, 0.5) is 18.0 Å². The van der Waals surface area contributed by atoms with E-state index in [1.807, 2.05) is 25.7 Å². The molecule has 2 unspecified atom stereocenters. The van der Waals surface area contributed by atoms with Crippen LogP contribution in [0.3, 0.4) is 0 Å². The number of hydrogen-bond donors (Lipinski definition) is 1. The second-order valence-electron chi connectivity index (χ2n) is 12.5. The van der Waals surface area contributed by atoms with E-state index in [4.69, 9.17) is 9.47 Å². The number of likely N-dealkylation sites (tertiary alicyclic amines) is 2. The van der Waals surface area contributed by atoms with Gasteiger partial charge in [-0.25, -0.2) is 4.79 Å². The lowest BCUT2D eigenvalue weighted by Gasteiger charge is -2.39. The smallest absolute Gasteiger partial charge is 0.416 e. The van der Waals surface area contributed by atoms with Crippen molar-refractivity contribution in [3.8, 4) is 5.75 Å². The number of ether oxygens (including phenoxy) is 2. The monoisotopic (exact) mass is 574 g/mol. The van der Waals surface area contributed by atoms with Crippen molar-refractivity contribution in [2.45, 2.75) is 69.9 Å². The van der Waals surface area contributed by atoms with Crippen molar-refractivity contribution in [1.82, 2.24) is 9.80 Å². The van der Waals surface area contributed by atoms with E-state index in [0.717, 1.165) is 30.5 Å². The standard InChI is InChI=1S/C31H37F3N2O5/c1-29(2,3)41-28(38)35-14-12-30(39,13-15-35)23-6-4-20(5-7-23)27(37)36-18-21-16-26(17-22(21)19-36)40-25-10-8-24(9-11-25)31(32,33)34/h4-11,21-22,26,39H,12-19H2,1-3H3. The van der Waals surface area contributed by atoms with Gasteiger partial charge in [0.05, 0.1) is 17.3 Å². The molecule has 7 nitrogen and oxygen atoms in total. The number of halogens is 3. The fourth-order valence-electron chi connectivity index (χ4n) is 6.20. The molecule has 3 fully saturated rings. The minimum Gasteiger partial charge on any atom is -0.490 e. The molecule has 3 aliphatic rings. The molecule has 10 heteroatoms. The van der Waals surface area contributed by atoms with Gasteiger partial charge in [-0.1, -0.05) is 12.1 Å². The number of benzene rings is 2. The van der Waals surface area contributed by atoms with E-state index in [2.05, 4.69) is 0 Å². The highest BCUT2D eigenvalue weighted by Crippen LogP contribution is 2.41. The minimum absolute atomic E-state index is 0.0575. The average Bonchev–Trinajstić information content (AvgIpc) is 3.46. The molecule has 1 N–H and O–H groups in total. The number of nitrogens with zero attached hydrogens (tertiary/aromatic N) is 2. The second kappa shape index (κ2) is 10.9. The first kappa shape index (κ1) is 29.2. The molecule has 222 valence electrons. The Labute approximate surface area is 238 Å². The Morgan fingerprint density at radius 3 is 1.95 bits per heavy atom. The zero-order valence-corrected chi connectivity index (χ0v) is 23.6. The quantitative estimate of drug-likeness (QED) is 0.496. The molecule has 0 aromatic heterocycles. The Morgan fingerprint density at radius 1 is 0.878 bits per heavy atom. The van der Waals surface area contributed by atoms with Crippen molar-refractivity contribution in [2.75, 3.05) is 26.2 Å². The van der Waals surface area contributed by atoms with E-state index < -0.39 is 22.9 Å². The van der Waals surface area contributed by atoms with Crippen LogP contribution in [0.25, 0.3) is 0 Å². The van der Waals surface area contributed by atoms with Gasteiger partial charge in [-0.2, -0.15) is 13.2 Å². The molecular weight excluding hydrogens is 537 g/mol. The first-order valence-corrected chi connectivity index (χ1v) is 14.1. The third-order valence-electron chi connectivity index (χ3n) is 8.39. The SMILES string of the molecule is CC(C)(C)OC(=O)N1CCC(O)(c2ccc(C(=O)N3CC4CC(Oc5ccc(C(F)(F)F)cc5)CC4C3)cc2)CC1. The number of fused-ring (bicyclic) bond motifs is 1. The number of rotatable bonds is 4. The van der Waals surface area contributed by atoms with Gasteiger partial charge in [0.15, 0.2) is 0 Å². The summed E-state index contributed by atoms with van der Waals surface area (Å²) in [5, 5.41) is 11.3. The Morgan fingerprint density at radius 2 is 1.44 bits per heavy atom. The molecular formula is C31H37F3N2O5. The van der Waals surface area contributed by atoms with Crippen LogP contribution in [0, 0.1) is 11.8 Å². The maximum Gasteiger partial charge on any atom is 0.416 e. The zero-order valence-electron chi connectivity index (χ0n) is 23.6. The van der Waals surface area contributed by atoms with Crippen LogP contribution < -0.4 is 4.74 Å². The van der Waals surface area contributed by atoms with E-state index in [0.29, 0.717) is 50.3 Å². The third-order valence-corrected chi connectivity index (χ3v) is 8.39. The van der Waals surface area contributed by atoms with Gasteiger partial charge in [-0.05, 0) is 100 Å². The van der Waals surface area contributed by atoms with Crippen molar-refractivity contribution in [2.24, 2.45) is 11.8 Å². The predicted octanol–water partition coefficient (Wildman–Crippen LogP) is 5.85. The highest BCUT2D eigenvalue weighted by atomic mass is 19.4. The zero-order chi connectivity index (χ0) is 29.6. The maximum atomic E-state index is 13.2. The van der Waals surface area contributed by atoms with Crippen molar-refractivity contribution in [3.63, 3.8) is 0 Å². The van der Waals surface area contributed by atoms with Crippen molar-refractivity contribution < 1.29 is 37.3 Å². The molecule has 2 aromatic carbocycles.